The molecule has 0 aliphatic carbocycles. The summed E-state index contributed by atoms with van der Waals surface area (Å²) in [6.45, 7) is 3.66. The van der Waals surface area contributed by atoms with Crippen molar-refractivity contribution >= 4 is 17.7 Å². The predicted octanol–water partition coefficient (Wildman–Crippen LogP) is 2.36. The van der Waals surface area contributed by atoms with Gasteiger partial charge in [0.15, 0.2) is 5.16 Å². The molecule has 1 unspecified atom stereocenters. The number of aromatic nitrogens is 2. The summed E-state index contributed by atoms with van der Waals surface area (Å²) in [5.41, 5.74) is 0.224. The second-order valence-electron chi connectivity index (χ2n) is 4.95. The van der Waals surface area contributed by atoms with Crippen LogP contribution in [0.5, 0.6) is 5.75 Å². The summed E-state index contributed by atoms with van der Waals surface area (Å²) in [5.74, 6) is 0.253. The summed E-state index contributed by atoms with van der Waals surface area (Å²) in [6, 6.07) is 8.73. The quantitative estimate of drug-likeness (QED) is 0.479. The molecule has 2 aromatic rings. The number of aromatic amines is 1. The fraction of sp³-hybridized carbons (Fsp3) is 0.294. The normalized spacial score (nSPS) is 11.4. The van der Waals surface area contributed by atoms with Crippen LogP contribution in [0.3, 0.4) is 0 Å². The van der Waals surface area contributed by atoms with Gasteiger partial charge in [-0.2, -0.15) is 5.26 Å². The van der Waals surface area contributed by atoms with Crippen LogP contribution < -0.4 is 10.3 Å². The lowest BCUT2D eigenvalue weighted by molar-refractivity contribution is -0.142. The first-order valence-corrected chi connectivity index (χ1v) is 8.40. The molecule has 8 heteroatoms. The summed E-state index contributed by atoms with van der Waals surface area (Å²) in [6.07, 6.45) is 0. The number of nitrogens with one attached hydrogen (secondary N) is 1. The van der Waals surface area contributed by atoms with Gasteiger partial charge >= 0.3 is 5.97 Å². The van der Waals surface area contributed by atoms with E-state index in [4.69, 9.17) is 9.47 Å². The summed E-state index contributed by atoms with van der Waals surface area (Å²) >= 11 is 1.07. The zero-order valence-electron chi connectivity index (χ0n) is 14.0. The van der Waals surface area contributed by atoms with Crippen LogP contribution >= 0.6 is 11.8 Å². The van der Waals surface area contributed by atoms with Crippen LogP contribution in [0.1, 0.15) is 19.4 Å². The molecule has 0 saturated heterocycles. The fourth-order valence-electron chi connectivity index (χ4n) is 2.05. The maximum absolute atomic E-state index is 12.2. The number of H-pyrrole nitrogens is 1. The summed E-state index contributed by atoms with van der Waals surface area (Å²) in [7, 11) is 1.55. The fourth-order valence-corrected chi connectivity index (χ4v) is 2.84. The summed E-state index contributed by atoms with van der Waals surface area (Å²) in [5, 5.41) is 8.98. The molecule has 1 aromatic heterocycles. The van der Waals surface area contributed by atoms with Crippen molar-refractivity contribution in [2.24, 2.45) is 0 Å². The monoisotopic (exact) mass is 359 g/mol. The zero-order valence-corrected chi connectivity index (χ0v) is 14.8. The Hall–Kier alpha value is -2.79. The molecular weight excluding hydrogens is 342 g/mol. The second kappa shape index (κ2) is 8.35. The Morgan fingerprint density at radius 1 is 1.40 bits per heavy atom. The number of hydrogen-bond donors (Lipinski definition) is 1. The van der Waals surface area contributed by atoms with E-state index in [1.807, 2.05) is 6.07 Å². The standard InChI is InChI=1S/C17H17N3O4S/c1-4-24-16(22)10(2)25-17-19-14(13(9-18)15(21)20-17)11-5-7-12(23-3)8-6-11/h5-8,10H,4H2,1-3H3,(H,19,20,21). The SMILES string of the molecule is CCOC(=O)C(C)Sc1nc(-c2ccc(OC)cc2)c(C#N)c(=O)[nH]1. The maximum Gasteiger partial charge on any atom is 0.319 e. The molecule has 25 heavy (non-hydrogen) atoms. The van der Waals surface area contributed by atoms with Gasteiger partial charge in [0.2, 0.25) is 0 Å². The van der Waals surface area contributed by atoms with Crippen LogP contribution in [-0.4, -0.2) is 34.9 Å². The number of nitrogens with zero attached hydrogens (tertiary/aromatic N) is 2. The lowest BCUT2D eigenvalue weighted by Gasteiger charge is -2.11. The lowest BCUT2D eigenvalue weighted by atomic mass is 10.1. The number of carbonyl (C=O) groups is 1. The Balaban J connectivity index is 2.42. The van der Waals surface area contributed by atoms with Crippen molar-refractivity contribution in [2.45, 2.75) is 24.3 Å². The molecule has 130 valence electrons. The highest BCUT2D eigenvalue weighted by Crippen LogP contribution is 2.26. The summed E-state index contributed by atoms with van der Waals surface area (Å²) < 4.78 is 10.0. The Kier molecular flexibility index (Phi) is 6.19. The zero-order chi connectivity index (χ0) is 18.4. The average Bonchev–Trinajstić information content (AvgIpc) is 2.61. The molecule has 0 amide bonds. The van der Waals surface area contributed by atoms with Gasteiger partial charge in [0, 0.05) is 5.56 Å². The average molecular weight is 359 g/mol. The van der Waals surface area contributed by atoms with Crippen molar-refractivity contribution < 1.29 is 14.3 Å². The largest absolute Gasteiger partial charge is 0.497 e. The molecule has 0 spiro atoms. The van der Waals surface area contributed by atoms with Crippen LogP contribution in [0, 0.1) is 11.3 Å². The maximum atomic E-state index is 12.2. The second-order valence-corrected chi connectivity index (χ2v) is 6.28. The Morgan fingerprint density at radius 2 is 2.08 bits per heavy atom. The number of ether oxygens (including phenoxy) is 2. The third kappa shape index (κ3) is 4.39. The number of methoxy groups -OCH3 is 1. The van der Waals surface area contributed by atoms with Crippen LogP contribution in [0.4, 0.5) is 0 Å². The molecule has 1 atom stereocenters. The minimum absolute atomic E-state index is 0.0849. The van der Waals surface area contributed by atoms with Crippen molar-refractivity contribution in [1.82, 2.24) is 9.97 Å². The van der Waals surface area contributed by atoms with Crippen molar-refractivity contribution in [3.05, 3.63) is 40.2 Å². The van der Waals surface area contributed by atoms with Crippen molar-refractivity contribution in [2.75, 3.05) is 13.7 Å². The molecule has 7 nitrogen and oxygen atoms in total. The topological polar surface area (TPSA) is 105 Å². The molecule has 0 radical (unpaired) electrons. The number of rotatable bonds is 6. The van der Waals surface area contributed by atoms with E-state index in [2.05, 4.69) is 9.97 Å². The van der Waals surface area contributed by atoms with Crippen molar-refractivity contribution in [3.63, 3.8) is 0 Å². The molecule has 1 N–H and O–H groups in total. The highest BCUT2D eigenvalue weighted by Gasteiger charge is 2.19. The number of esters is 1. The van der Waals surface area contributed by atoms with E-state index in [9.17, 15) is 14.9 Å². The number of thioether (sulfide) groups is 1. The summed E-state index contributed by atoms with van der Waals surface area (Å²) in [4.78, 5) is 30.8. The number of benzene rings is 1. The van der Waals surface area contributed by atoms with Crippen molar-refractivity contribution in [3.8, 4) is 23.1 Å². The van der Waals surface area contributed by atoms with E-state index in [0.29, 0.717) is 11.3 Å². The van der Waals surface area contributed by atoms with Crippen LogP contribution in [-0.2, 0) is 9.53 Å². The third-order valence-electron chi connectivity index (χ3n) is 3.28. The van der Waals surface area contributed by atoms with E-state index in [1.165, 1.54) is 0 Å². The van der Waals surface area contributed by atoms with Crippen LogP contribution in [0.15, 0.2) is 34.2 Å². The van der Waals surface area contributed by atoms with E-state index in [0.717, 1.165) is 11.8 Å². The Labute approximate surface area is 149 Å². The number of nitriles is 1. The minimum Gasteiger partial charge on any atom is -0.497 e. The number of hydrogen-bond acceptors (Lipinski definition) is 7. The van der Waals surface area contributed by atoms with Crippen LogP contribution in [0.2, 0.25) is 0 Å². The van der Waals surface area contributed by atoms with E-state index in [1.54, 1.807) is 45.2 Å². The predicted molar refractivity (Wildman–Crippen MR) is 93.5 cm³/mol. The van der Waals surface area contributed by atoms with Crippen LogP contribution in [0.25, 0.3) is 11.3 Å². The number of carbonyl (C=O) groups excluding carboxylic acids is 1. The van der Waals surface area contributed by atoms with Gasteiger partial charge < -0.3 is 14.5 Å². The molecule has 0 aliphatic heterocycles. The van der Waals surface area contributed by atoms with E-state index in [-0.39, 0.29) is 23.0 Å². The molecule has 0 saturated carbocycles. The molecule has 1 heterocycles. The molecule has 0 aliphatic rings. The van der Waals surface area contributed by atoms with Gasteiger partial charge in [-0.15, -0.1) is 0 Å². The highest BCUT2D eigenvalue weighted by atomic mass is 32.2. The van der Waals surface area contributed by atoms with E-state index >= 15 is 0 Å². The Morgan fingerprint density at radius 3 is 2.64 bits per heavy atom. The molecule has 1 aromatic carbocycles. The molecule has 2 rings (SSSR count). The molecule has 0 bridgehead atoms. The van der Waals surface area contributed by atoms with E-state index < -0.39 is 16.8 Å². The van der Waals surface area contributed by atoms with Gasteiger partial charge in [-0.05, 0) is 38.1 Å². The van der Waals surface area contributed by atoms with Gasteiger partial charge in [0.05, 0.1) is 19.4 Å². The van der Waals surface area contributed by atoms with Gasteiger partial charge in [-0.3, -0.25) is 9.59 Å². The van der Waals surface area contributed by atoms with Gasteiger partial charge in [-0.25, -0.2) is 4.98 Å². The molecule has 0 fully saturated rings. The Bertz CT molecular complexity index is 856. The first-order chi connectivity index (χ1) is 12.0. The van der Waals surface area contributed by atoms with Gasteiger partial charge in [0.25, 0.3) is 5.56 Å². The smallest absolute Gasteiger partial charge is 0.319 e. The minimum atomic E-state index is -0.554. The third-order valence-corrected chi connectivity index (χ3v) is 4.24. The molecular formula is C17H17N3O4S. The first-order valence-electron chi connectivity index (χ1n) is 7.52. The lowest BCUT2D eigenvalue weighted by Crippen LogP contribution is -2.19. The first kappa shape index (κ1) is 18.5. The highest BCUT2D eigenvalue weighted by molar-refractivity contribution is 8.00. The van der Waals surface area contributed by atoms with Gasteiger partial charge in [-0.1, -0.05) is 11.8 Å². The van der Waals surface area contributed by atoms with Crippen molar-refractivity contribution in [1.29, 1.82) is 5.26 Å². The van der Waals surface area contributed by atoms with Gasteiger partial charge in [0.1, 0.15) is 22.6 Å².